The van der Waals surface area contributed by atoms with E-state index >= 15 is 0 Å². The summed E-state index contributed by atoms with van der Waals surface area (Å²) in [7, 11) is -3.79. The van der Waals surface area contributed by atoms with Crippen LogP contribution in [0.2, 0.25) is 0 Å². The van der Waals surface area contributed by atoms with Crippen molar-refractivity contribution >= 4 is 38.7 Å². The van der Waals surface area contributed by atoms with Gasteiger partial charge in [0.05, 0.1) is 21.2 Å². The van der Waals surface area contributed by atoms with Crippen molar-refractivity contribution in [1.29, 1.82) is 0 Å². The lowest BCUT2D eigenvalue weighted by Crippen LogP contribution is -2.60. The first-order valence-electron chi connectivity index (χ1n) is 11.7. The molecule has 0 aliphatic heterocycles. The number of primary sulfonamides is 1. The molecular weight excluding hydrogens is 444 g/mol. The molecule has 0 radical (unpaired) electrons. The fraction of sp³-hybridized carbons (Fsp3) is 0.652. The third-order valence-corrected chi connectivity index (χ3v) is 9.54. The lowest BCUT2D eigenvalue weighted by atomic mass is 9.53. The third-order valence-electron chi connectivity index (χ3n) is 7.54. The van der Waals surface area contributed by atoms with E-state index in [9.17, 15) is 13.2 Å². The molecule has 174 valence electrons. The van der Waals surface area contributed by atoms with Crippen LogP contribution in [0.25, 0.3) is 11.0 Å². The van der Waals surface area contributed by atoms with Crippen molar-refractivity contribution in [2.75, 3.05) is 0 Å². The van der Waals surface area contributed by atoms with E-state index in [0.717, 1.165) is 60.7 Å². The van der Waals surface area contributed by atoms with Crippen LogP contribution in [0.3, 0.4) is 0 Å². The van der Waals surface area contributed by atoms with Crippen molar-refractivity contribution in [3.8, 4) is 0 Å². The number of imidazole rings is 1. The van der Waals surface area contributed by atoms with E-state index in [4.69, 9.17) is 5.14 Å². The average Bonchev–Trinajstić information content (AvgIpc) is 3.02. The number of rotatable bonds is 7. The number of benzene rings is 1. The van der Waals surface area contributed by atoms with Gasteiger partial charge in [-0.15, -0.1) is 0 Å². The zero-order valence-electron chi connectivity index (χ0n) is 18.7. The molecule has 4 bridgehead atoms. The average molecular weight is 477 g/mol. The van der Waals surface area contributed by atoms with Crippen LogP contribution in [-0.2, 0) is 21.4 Å². The fourth-order valence-electron chi connectivity index (χ4n) is 6.63. The Morgan fingerprint density at radius 2 is 1.88 bits per heavy atom. The molecule has 0 spiro atoms. The van der Waals surface area contributed by atoms with Gasteiger partial charge in [0.1, 0.15) is 0 Å². The number of amides is 1. The molecule has 1 amide bonds. The van der Waals surface area contributed by atoms with Crippen LogP contribution in [0.4, 0.5) is 0 Å². The third kappa shape index (κ3) is 4.07. The molecule has 6 rings (SSSR count). The first-order chi connectivity index (χ1) is 15.2. The van der Waals surface area contributed by atoms with E-state index in [1.54, 1.807) is 6.07 Å². The summed E-state index contributed by atoms with van der Waals surface area (Å²) < 4.78 is 25.6. The van der Waals surface area contributed by atoms with E-state index in [-0.39, 0.29) is 21.6 Å². The number of hydrogen-bond acceptors (Lipinski definition) is 5. The van der Waals surface area contributed by atoms with Crippen LogP contribution < -0.4 is 10.5 Å². The van der Waals surface area contributed by atoms with E-state index in [1.807, 2.05) is 6.92 Å². The molecule has 1 aromatic heterocycles. The summed E-state index contributed by atoms with van der Waals surface area (Å²) in [5.41, 5.74) is 1.44. The zero-order valence-corrected chi connectivity index (χ0v) is 20.3. The number of aromatic nitrogens is 2. The lowest BCUT2D eigenvalue weighted by Gasteiger charge is -2.57. The van der Waals surface area contributed by atoms with Crippen molar-refractivity contribution in [2.45, 2.75) is 86.2 Å². The molecule has 4 fully saturated rings. The Morgan fingerprint density at radius 1 is 1.25 bits per heavy atom. The Labute approximate surface area is 194 Å². The number of carbonyl (C=O) groups excluding carboxylic acids is 1. The van der Waals surface area contributed by atoms with Gasteiger partial charge in [0.2, 0.25) is 15.9 Å². The Kier molecular flexibility index (Phi) is 5.57. The number of carbonyl (C=O) groups is 1. The van der Waals surface area contributed by atoms with Gasteiger partial charge in [-0.2, -0.15) is 0 Å². The summed E-state index contributed by atoms with van der Waals surface area (Å²) in [6.45, 7) is 4.77. The maximum atomic E-state index is 13.2. The number of sulfonamides is 1. The SMILES string of the molecule is CCCn1c(SC(C)C(=O)NC23CC4CC(CC(C4)C2)C3)nc2cc(S(N)(=O)=O)ccc21. The molecule has 1 atom stereocenters. The number of hydrogen-bond donors (Lipinski definition) is 2. The summed E-state index contributed by atoms with van der Waals surface area (Å²) in [6, 6.07) is 4.78. The van der Waals surface area contributed by atoms with Gasteiger partial charge in [0.15, 0.2) is 5.16 Å². The van der Waals surface area contributed by atoms with Crippen LogP contribution in [0.5, 0.6) is 0 Å². The van der Waals surface area contributed by atoms with Crippen LogP contribution in [0.1, 0.15) is 58.8 Å². The smallest absolute Gasteiger partial charge is 0.238 e. The van der Waals surface area contributed by atoms with Crippen molar-refractivity contribution < 1.29 is 13.2 Å². The monoisotopic (exact) mass is 476 g/mol. The minimum atomic E-state index is -3.79. The van der Waals surface area contributed by atoms with E-state index in [1.165, 1.54) is 43.2 Å². The van der Waals surface area contributed by atoms with Crippen molar-refractivity contribution in [1.82, 2.24) is 14.9 Å². The van der Waals surface area contributed by atoms with E-state index in [2.05, 4.69) is 21.8 Å². The van der Waals surface area contributed by atoms with Crippen LogP contribution in [0, 0.1) is 17.8 Å². The first kappa shape index (κ1) is 22.2. The maximum absolute atomic E-state index is 13.2. The van der Waals surface area contributed by atoms with Gasteiger partial charge in [-0.05, 0) is 87.8 Å². The predicted molar refractivity (Wildman–Crippen MR) is 126 cm³/mol. The summed E-state index contributed by atoms with van der Waals surface area (Å²) in [5.74, 6) is 2.43. The highest BCUT2D eigenvalue weighted by Crippen LogP contribution is 2.55. The van der Waals surface area contributed by atoms with Gasteiger partial charge >= 0.3 is 0 Å². The second-order valence-corrected chi connectivity index (χ2v) is 13.1. The standard InChI is InChI=1S/C23H32N4O3S2/c1-3-6-27-20-5-4-18(32(24,29)30)10-19(20)25-22(27)31-14(2)21(28)26-23-11-15-7-16(12-23)9-17(8-15)13-23/h4-5,10,14-17H,3,6-9,11-13H2,1-2H3,(H,26,28)(H2,24,29,30). The van der Waals surface area contributed by atoms with Crippen molar-refractivity contribution in [3.63, 3.8) is 0 Å². The number of aryl methyl sites for hydroxylation is 1. The summed E-state index contributed by atoms with van der Waals surface area (Å²) in [6.07, 6.45) is 8.35. The highest BCUT2D eigenvalue weighted by Gasteiger charge is 2.51. The molecule has 4 aliphatic rings. The fourth-order valence-corrected chi connectivity index (χ4v) is 8.12. The summed E-state index contributed by atoms with van der Waals surface area (Å²) >= 11 is 1.45. The maximum Gasteiger partial charge on any atom is 0.238 e. The molecule has 4 saturated carbocycles. The Morgan fingerprint density at radius 3 is 2.44 bits per heavy atom. The van der Waals surface area contributed by atoms with Crippen LogP contribution in [-0.4, -0.2) is 34.7 Å². The number of nitrogens with one attached hydrogen (secondary N) is 1. The van der Waals surface area contributed by atoms with Gasteiger partial charge in [-0.3, -0.25) is 4.79 Å². The lowest BCUT2D eigenvalue weighted by molar-refractivity contribution is -0.126. The zero-order chi connectivity index (χ0) is 22.7. The normalized spacial score (nSPS) is 30.0. The van der Waals surface area contributed by atoms with Gasteiger partial charge < -0.3 is 9.88 Å². The molecule has 32 heavy (non-hydrogen) atoms. The van der Waals surface area contributed by atoms with Crippen LogP contribution >= 0.6 is 11.8 Å². The number of nitrogens with zero attached hydrogens (tertiary/aromatic N) is 2. The minimum absolute atomic E-state index is 0.00536. The number of thioether (sulfide) groups is 1. The second kappa shape index (κ2) is 8.02. The Balaban J connectivity index is 1.36. The predicted octanol–water partition coefficient (Wildman–Crippen LogP) is 3.66. The highest BCUT2D eigenvalue weighted by molar-refractivity contribution is 8.00. The molecule has 9 heteroatoms. The number of nitrogens with two attached hydrogens (primary N) is 1. The minimum Gasteiger partial charge on any atom is -0.350 e. The van der Waals surface area contributed by atoms with Gasteiger partial charge in [-0.1, -0.05) is 18.7 Å². The molecule has 3 N–H and O–H groups in total. The molecule has 1 unspecified atom stereocenters. The number of fused-ring (bicyclic) bond motifs is 1. The molecule has 2 aromatic rings. The van der Waals surface area contributed by atoms with Gasteiger partial charge in [0.25, 0.3) is 0 Å². The second-order valence-electron chi connectivity index (χ2n) is 10.2. The largest absolute Gasteiger partial charge is 0.350 e. The van der Waals surface area contributed by atoms with Gasteiger partial charge in [0, 0.05) is 12.1 Å². The quantitative estimate of drug-likeness (QED) is 0.593. The van der Waals surface area contributed by atoms with Crippen molar-refractivity contribution in [3.05, 3.63) is 18.2 Å². The Hall–Kier alpha value is -1.58. The molecule has 7 nitrogen and oxygen atoms in total. The topological polar surface area (TPSA) is 107 Å². The highest BCUT2D eigenvalue weighted by atomic mass is 32.2. The summed E-state index contributed by atoms with van der Waals surface area (Å²) in [5, 5.41) is 9.21. The molecule has 0 saturated heterocycles. The van der Waals surface area contributed by atoms with Crippen LogP contribution in [0.15, 0.2) is 28.3 Å². The summed E-state index contributed by atoms with van der Waals surface area (Å²) in [4.78, 5) is 18.0. The molecule has 4 aliphatic carbocycles. The van der Waals surface area contributed by atoms with E-state index < -0.39 is 10.0 Å². The van der Waals surface area contributed by atoms with E-state index in [0.29, 0.717) is 5.52 Å². The first-order valence-corrected chi connectivity index (χ1v) is 14.1. The van der Waals surface area contributed by atoms with Crippen molar-refractivity contribution in [2.24, 2.45) is 22.9 Å². The molecular formula is C23H32N4O3S2. The molecule has 1 heterocycles. The van der Waals surface area contributed by atoms with Gasteiger partial charge in [-0.25, -0.2) is 18.5 Å². The molecule has 1 aromatic carbocycles. The Bertz CT molecular complexity index is 1120.